The molecule has 0 bridgehead atoms. The molecule has 1 aromatic carbocycles. The van der Waals surface area contributed by atoms with E-state index in [0.717, 1.165) is 6.20 Å². The highest BCUT2D eigenvalue weighted by Gasteiger charge is 2.27. The average Bonchev–Trinajstić information content (AvgIpc) is 2.94. The second kappa shape index (κ2) is 7.10. The van der Waals surface area contributed by atoms with Gasteiger partial charge in [-0.25, -0.2) is 8.78 Å². The normalized spacial score (nSPS) is 15.4. The molecule has 1 aliphatic heterocycles. The van der Waals surface area contributed by atoms with Crippen molar-refractivity contribution in [2.45, 2.75) is 0 Å². The van der Waals surface area contributed by atoms with Crippen LogP contribution < -0.4 is 0 Å². The summed E-state index contributed by atoms with van der Waals surface area (Å²) in [6.45, 7) is 2.00. The minimum absolute atomic E-state index is 0.101. The third-order valence-electron chi connectivity index (χ3n) is 4.18. The molecule has 132 valence electrons. The molecule has 1 saturated heterocycles. The van der Waals surface area contributed by atoms with Crippen molar-refractivity contribution in [1.29, 1.82) is 0 Å². The van der Waals surface area contributed by atoms with Gasteiger partial charge in [0, 0.05) is 38.8 Å². The van der Waals surface area contributed by atoms with E-state index in [2.05, 4.69) is 5.10 Å². The molecule has 0 aliphatic carbocycles. The van der Waals surface area contributed by atoms with Gasteiger partial charge < -0.3 is 4.90 Å². The van der Waals surface area contributed by atoms with Crippen LogP contribution in [0.5, 0.6) is 0 Å². The monoisotopic (exact) mass is 348 g/mol. The van der Waals surface area contributed by atoms with Gasteiger partial charge in [0.05, 0.1) is 12.7 Å². The zero-order valence-corrected chi connectivity index (χ0v) is 13.8. The van der Waals surface area contributed by atoms with Crippen LogP contribution in [0.25, 0.3) is 0 Å². The molecule has 0 unspecified atom stereocenters. The summed E-state index contributed by atoms with van der Waals surface area (Å²) in [4.78, 5) is 28.0. The largest absolute Gasteiger partial charge is 0.335 e. The molecule has 0 radical (unpaired) electrons. The number of amides is 1. The SMILES string of the molecule is Cn1cc(F)c(C(=O)N2CCN(CC(=O)c3ccc(F)cc3)CC2)n1. The highest BCUT2D eigenvalue weighted by atomic mass is 19.1. The number of carbonyl (C=O) groups excluding carboxylic acids is 2. The lowest BCUT2D eigenvalue weighted by Crippen LogP contribution is -2.50. The van der Waals surface area contributed by atoms with Gasteiger partial charge in [0.15, 0.2) is 17.3 Å². The lowest BCUT2D eigenvalue weighted by molar-refractivity contribution is 0.0614. The Morgan fingerprint density at radius 3 is 2.28 bits per heavy atom. The molecule has 0 atom stereocenters. The molecule has 3 rings (SSSR count). The van der Waals surface area contributed by atoms with Crippen molar-refractivity contribution in [3.05, 3.63) is 53.4 Å². The number of Topliss-reactive ketones (excluding diaryl/α,β-unsaturated/α-hetero) is 1. The van der Waals surface area contributed by atoms with Crippen LogP contribution >= 0.6 is 0 Å². The number of ketones is 1. The molecule has 2 aromatic rings. The molecule has 1 fully saturated rings. The summed E-state index contributed by atoms with van der Waals surface area (Å²) >= 11 is 0. The Bertz CT molecular complexity index is 780. The van der Waals surface area contributed by atoms with Gasteiger partial charge in [0.25, 0.3) is 5.91 Å². The van der Waals surface area contributed by atoms with Gasteiger partial charge >= 0.3 is 0 Å². The molecule has 1 amide bonds. The summed E-state index contributed by atoms with van der Waals surface area (Å²) in [5, 5.41) is 3.85. The fraction of sp³-hybridized carbons (Fsp3) is 0.353. The Morgan fingerprint density at radius 2 is 1.72 bits per heavy atom. The minimum Gasteiger partial charge on any atom is -0.335 e. The fourth-order valence-electron chi connectivity index (χ4n) is 2.79. The van der Waals surface area contributed by atoms with E-state index < -0.39 is 11.7 Å². The Hall–Kier alpha value is -2.61. The molecule has 0 N–H and O–H groups in total. The third kappa shape index (κ3) is 3.90. The standard InChI is InChI=1S/C17H18F2N4O2/c1-21-10-14(19)16(20-21)17(25)23-8-6-22(7-9-23)11-15(24)12-2-4-13(18)5-3-12/h2-5,10H,6-9,11H2,1H3. The van der Waals surface area contributed by atoms with Crippen molar-refractivity contribution in [3.8, 4) is 0 Å². The van der Waals surface area contributed by atoms with Crippen LogP contribution in [-0.2, 0) is 7.05 Å². The molecule has 2 heterocycles. The van der Waals surface area contributed by atoms with Crippen LogP contribution in [0.1, 0.15) is 20.8 Å². The van der Waals surface area contributed by atoms with E-state index in [9.17, 15) is 18.4 Å². The molecular formula is C17H18F2N4O2. The zero-order chi connectivity index (χ0) is 18.0. The van der Waals surface area contributed by atoms with Gasteiger partial charge in [-0.2, -0.15) is 5.10 Å². The first kappa shape index (κ1) is 17.2. The number of halogens is 2. The molecule has 8 heteroatoms. The predicted molar refractivity (Wildman–Crippen MR) is 86.2 cm³/mol. The number of aromatic nitrogens is 2. The van der Waals surface area contributed by atoms with Crippen LogP contribution in [0, 0.1) is 11.6 Å². The van der Waals surface area contributed by atoms with Crippen molar-refractivity contribution < 1.29 is 18.4 Å². The van der Waals surface area contributed by atoms with Gasteiger partial charge in [-0.3, -0.25) is 19.2 Å². The second-order valence-corrected chi connectivity index (χ2v) is 6.00. The quantitative estimate of drug-likeness (QED) is 0.783. The number of hydrogen-bond acceptors (Lipinski definition) is 4. The van der Waals surface area contributed by atoms with Gasteiger partial charge in [0.1, 0.15) is 5.82 Å². The summed E-state index contributed by atoms with van der Waals surface area (Å²) in [6, 6.07) is 5.43. The maximum atomic E-state index is 13.7. The number of rotatable bonds is 4. The van der Waals surface area contributed by atoms with Crippen LogP contribution in [-0.4, -0.2) is 64.0 Å². The number of benzene rings is 1. The minimum atomic E-state index is -0.638. The second-order valence-electron chi connectivity index (χ2n) is 6.00. The third-order valence-corrected chi connectivity index (χ3v) is 4.18. The number of hydrogen-bond donors (Lipinski definition) is 0. The van der Waals surface area contributed by atoms with Crippen LogP contribution in [0.3, 0.4) is 0 Å². The first-order valence-corrected chi connectivity index (χ1v) is 7.93. The predicted octanol–water partition coefficient (Wildman–Crippen LogP) is 1.34. The molecular weight excluding hydrogens is 330 g/mol. The van der Waals surface area contributed by atoms with E-state index in [1.54, 1.807) is 7.05 Å². The molecule has 0 saturated carbocycles. The highest BCUT2D eigenvalue weighted by Crippen LogP contribution is 2.12. The Labute approximate surface area is 143 Å². The number of carbonyl (C=O) groups is 2. The summed E-state index contributed by atoms with van der Waals surface area (Å²) in [7, 11) is 1.55. The smallest absolute Gasteiger partial charge is 0.277 e. The maximum Gasteiger partial charge on any atom is 0.277 e. The molecule has 25 heavy (non-hydrogen) atoms. The van der Waals surface area contributed by atoms with Crippen molar-refractivity contribution >= 4 is 11.7 Å². The van der Waals surface area contributed by atoms with Gasteiger partial charge in [-0.05, 0) is 24.3 Å². The molecule has 1 aliphatic rings. The van der Waals surface area contributed by atoms with E-state index in [0.29, 0.717) is 31.7 Å². The number of nitrogens with zero attached hydrogens (tertiary/aromatic N) is 4. The van der Waals surface area contributed by atoms with Crippen molar-refractivity contribution in [1.82, 2.24) is 19.6 Å². The lowest BCUT2D eigenvalue weighted by Gasteiger charge is -2.33. The van der Waals surface area contributed by atoms with Crippen LogP contribution in [0.4, 0.5) is 8.78 Å². The zero-order valence-electron chi connectivity index (χ0n) is 13.8. The Kier molecular flexibility index (Phi) is 4.89. The van der Waals surface area contributed by atoms with Crippen molar-refractivity contribution in [2.24, 2.45) is 7.05 Å². The summed E-state index contributed by atoms with van der Waals surface area (Å²) in [6.07, 6.45) is 1.16. The number of aryl methyl sites for hydroxylation is 1. The lowest BCUT2D eigenvalue weighted by atomic mass is 10.1. The molecule has 1 aromatic heterocycles. The van der Waals surface area contributed by atoms with E-state index in [1.807, 2.05) is 4.90 Å². The molecule has 0 spiro atoms. The number of piperazine rings is 1. The van der Waals surface area contributed by atoms with Crippen molar-refractivity contribution in [2.75, 3.05) is 32.7 Å². The first-order valence-electron chi connectivity index (χ1n) is 7.93. The Morgan fingerprint density at radius 1 is 1.08 bits per heavy atom. The summed E-state index contributed by atoms with van der Waals surface area (Å²) in [5.74, 6) is -1.56. The van der Waals surface area contributed by atoms with Crippen LogP contribution in [0.15, 0.2) is 30.5 Å². The average molecular weight is 348 g/mol. The van der Waals surface area contributed by atoms with Crippen LogP contribution in [0.2, 0.25) is 0 Å². The first-order chi connectivity index (χ1) is 11.9. The van der Waals surface area contributed by atoms with E-state index in [4.69, 9.17) is 0 Å². The van der Waals surface area contributed by atoms with E-state index in [1.165, 1.54) is 33.8 Å². The Balaban J connectivity index is 1.55. The van der Waals surface area contributed by atoms with Gasteiger partial charge in [-0.15, -0.1) is 0 Å². The molecule has 6 nitrogen and oxygen atoms in total. The summed E-state index contributed by atoms with van der Waals surface area (Å²) < 4.78 is 27.8. The topological polar surface area (TPSA) is 58.4 Å². The van der Waals surface area contributed by atoms with E-state index >= 15 is 0 Å². The van der Waals surface area contributed by atoms with Crippen molar-refractivity contribution in [3.63, 3.8) is 0 Å². The maximum absolute atomic E-state index is 13.7. The van der Waals surface area contributed by atoms with Gasteiger partial charge in [-0.1, -0.05) is 0 Å². The van der Waals surface area contributed by atoms with E-state index in [-0.39, 0.29) is 23.8 Å². The highest BCUT2D eigenvalue weighted by molar-refractivity contribution is 5.97. The summed E-state index contributed by atoms with van der Waals surface area (Å²) in [5.41, 5.74) is 0.272. The fourth-order valence-corrected chi connectivity index (χ4v) is 2.79. The van der Waals surface area contributed by atoms with Gasteiger partial charge in [0.2, 0.25) is 0 Å².